The second-order valence-electron chi connectivity index (χ2n) is 7.35. The van der Waals surface area contributed by atoms with Crippen molar-refractivity contribution in [3.05, 3.63) is 71.8 Å². The topological polar surface area (TPSA) is 71.3 Å². The summed E-state index contributed by atoms with van der Waals surface area (Å²) in [5.74, 6) is 1.01. The molecule has 2 aromatic rings. The Balaban J connectivity index is 1.64. The first-order chi connectivity index (χ1) is 13.9. The number of phenolic OH excluding ortho intramolecular Hbond substituents is 1. The third-order valence-corrected chi connectivity index (χ3v) is 7.15. The first-order valence-electron chi connectivity index (χ1n) is 9.78. The fraction of sp³-hybridized carbons (Fsp3) is 0.364. The Morgan fingerprint density at radius 3 is 2.45 bits per heavy atom. The van der Waals surface area contributed by atoms with Crippen molar-refractivity contribution in [3.8, 4) is 11.5 Å². The molecular weight excluding hydrogens is 388 g/mol. The van der Waals surface area contributed by atoms with Gasteiger partial charge in [0.05, 0.1) is 44.6 Å². The summed E-state index contributed by atoms with van der Waals surface area (Å²) in [6.45, 7) is 6.72. The number of phenols is 1. The molecule has 1 saturated heterocycles. The van der Waals surface area contributed by atoms with E-state index in [9.17, 15) is 13.5 Å². The molecule has 0 bridgehead atoms. The average Bonchev–Trinajstić information content (AvgIpc) is 2.72. The van der Waals surface area contributed by atoms with Gasteiger partial charge in [-0.1, -0.05) is 36.4 Å². The van der Waals surface area contributed by atoms with E-state index in [1.54, 1.807) is 17.5 Å². The monoisotopic (exact) mass is 417 g/mol. The van der Waals surface area contributed by atoms with Crippen LogP contribution in [0.5, 0.6) is 11.5 Å². The molecule has 1 heterocycles. The van der Waals surface area contributed by atoms with Crippen LogP contribution in [0, 0.1) is 0 Å². The van der Waals surface area contributed by atoms with E-state index in [2.05, 4.69) is 6.58 Å². The van der Waals surface area contributed by atoms with Crippen molar-refractivity contribution in [1.82, 2.24) is 4.31 Å². The number of sulfonamides is 1. The van der Waals surface area contributed by atoms with Crippen molar-refractivity contribution in [2.24, 2.45) is 0 Å². The maximum Gasteiger partial charge on any atom is 0.218 e. The molecule has 1 aliphatic heterocycles. The number of aromatic hydroxyl groups is 1. The number of nitrogens with zero attached hydrogens (tertiary/aromatic N) is 1. The number of hydrogen-bond donors (Lipinski definition) is 2. The molecule has 0 radical (unpaired) electrons. The lowest BCUT2D eigenvalue weighted by molar-refractivity contribution is -0.917. The van der Waals surface area contributed by atoms with Gasteiger partial charge in [0.15, 0.2) is 0 Å². The Hall–Kier alpha value is -2.35. The van der Waals surface area contributed by atoms with Crippen LogP contribution in [0.2, 0.25) is 0 Å². The number of rotatable bonds is 8. The van der Waals surface area contributed by atoms with Gasteiger partial charge >= 0.3 is 0 Å². The van der Waals surface area contributed by atoms with Gasteiger partial charge in [-0.25, -0.2) is 8.42 Å². The molecule has 3 rings (SSSR count). The van der Waals surface area contributed by atoms with Crippen molar-refractivity contribution in [2.45, 2.75) is 18.7 Å². The highest BCUT2D eigenvalue weighted by Crippen LogP contribution is 2.28. The van der Waals surface area contributed by atoms with Gasteiger partial charge in [-0.2, -0.15) is 4.31 Å². The summed E-state index contributed by atoms with van der Waals surface area (Å²) in [4.78, 5) is 1.24. The van der Waals surface area contributed by atoms with Crippen LogP contribution >= 0.6 is 0 Å². The van der Waals surface area contributed by atoms with E-state index in [1.807, 2.05) is 42.5 Å². The number of ether oxygens (including phenoxy) is 1. The number of benzene rings is 2. The lowest BCUT2D eigenvalue weighted by Crippen LogP contribution is -3.13. The van der Waals surface area contributed by atoms with Gasteiger partial charge in [0.2, 0.25) is 10.0 Å². The summed E-state index contributed by atoms with van der Waals surface area (Å²) in [5.41, 5.74) is 2.41. The summed E-state index contributed by atoms with van der Waals surface area (Å²) >= 11 is 0. The molecule has 2 N–H and O–H groups in total. The van der Waals surface area contributed by atoms with Gasteiger partial charge in [-0.05, 0) is 24.1 Å². The largest absolute Gasteiger partial charge is 0.507 e. The molecule has 0 aromatic heterocycles. The Morgan fingerprint density at radius 1 is 1.17 bits per heavy atom. The number of hydrogen-bond acceptors (Lipinski definition) is 4. The SMILES string of the molecule is C=CCc1cc(OC)cc(C[NH+]2CCN(S(=O)(=O)Cc3ccccc3)CC2)c1O. The molecule has 1 aliphatic rings. The number of quaternary nitrogens is 1. The minimum Gasteiger partial charge on any atom is -0.507 e. The van der Waals surface area contributed by atoms with E-state index in [4.69, 9.17) is 4.74 Å². The minimum absolute atomic E-state index is 0.0325. The fourth-order valence-electron chi connectivity index (χ4n) is 3.69. The second kappa shape index (κ2) is 9.43. The zero-order valence-corrected chi connectivity index (χ0v) is 17.6. The van der Waals surface area contributed by atoms with Crippen LogP contribution in [0.25, 0.3) is 0 Å². The zero-order chi connectivity index (χ0) is 20.9. The summed E-state index contributed by atoms with van der Waals surface area (Å²) in [6, 6.07) is 12.9. The molecule has 0 saturated carbocycles. The third kappa shape index (κ3) is 5.38. The van der Waals surface area contributed by atoms with Gasteiger partial charge in [0, 0.05) is 5.56 Å². The Labute approximate surface area is 173 Å². The molecule has 6 nitrogen and oxygen atoms in total. The molecule has 0 spiro atoms. The van der Waals surface area contributed by atoms with Crippen LogP contribution in [0.15, 0.2) is 55.1 Å². The molecule has 1 fully saturated rings. The van der Waals surface area contributed by atoms with Crippen molar-refractivity contribution < 1.29 is 23.2 Å². The second-order valence-corrected chi connectivity index (χ2v) is 9.32. The highest BCUT2D eigenvalue weighted by atomic mass is 32.2. The van der Waals surface area contributed by atoms with Crippen LogP contribution in [0.3, 0.4) is 0 Å². The van der Waals surface area contributed by atoms with Gasteiger partial charge < -0.3 is 14.7 Å². The highest BCUT2D eigenvalue weighted by molar-refractivity contribution is 7.88. The molecule has 29 heavy (non-hydrogen) atoms. The van der Waals surface area contributed by atoms with Crippen LogP contribution in [-0.2, 0) is 28.7 Å². The Morgan fingerprint density at radius 2 is 1.83 bits per heavy atom. The maximum absolute atomic E-state index is 12.7. The van der Waals surface area contributed by atoms with Gasteiger partial charge in [0.25, 0.3) is 0 Å². The number of piperazine rings is 1. The van der Waals surface area contributed by atoms with Gasteiger partial charge in [-0.3, -0.25) is 0 Å². The predicted molar refractivity (Wildman–Crippen MR) is 114 cm³/mol. The Bertz CT molecular complexity index is 937. The van der Waals surface area contributed by atoms with Crippen molar-refractivity contribution in [3.63, 3.8) is 0 Å². The molecule has 156 valence electrons. The molecule has 7 heteroatoms. The van der Waals surface area contributed by atoms with Crippen LogP contribution < -0.4 is 9.64 Å². The Kier molecular flexibility index (Phi) is 6.95. The van der Waals surface area contributed by atoms with Crippen molar-refractivity contribution in [2.75, 3.05) is 33.3 Å². The molecule has 0 atom stereocenters. The summed E-state index contributed by atoms with van der Waals surface area (Å²) in [7, 11) is -1.72. The first kappa shape index (κ1) is 21.4. The number of methoxy groups -OCH3 is 1. The van der Waals surface area contributed by atoms with Gasteiger partial charge in [-0.15, -0.1) is 6.58 Å². The number of nitrogens with one attached hydrogen (secondary N) is 1. The van der Waals surface area contributed by atoms with Crippen LogP contribution in [0.1, 0.15) is 16.7 Å². The van der Waals surface area contributed by atoms with E-state index < -0.39 is 10.0 Å². The summed E-state index contributed by atoms with van der Waals surface area (Å²) < 4.78 is 32.4. The minimum atomic E-state index is -3.33. The summed E-state index contributed by atoms with van der Waals surface area (Å²) in [6.07, 6.45) is 2.32. The number of allylic oxidation sites excluding steroid dienone is 1. The maximum atomic E-state index is 12.7. The van der Waals surface area contributed by atoms with Crippen molar-refractivity contribution >= 4 is 10.0 Å². The molecule has 0 unspecified atom stereocenters. The standard InChI is InChI=1S/C22H28N2O4S/c1-3-7-19-14-21(28-2)15-20(22(19)25)16-23-10-12-24(13-11-23)29(26,27)17-18-8-5-4-6-9-18/h3-6,8-9,14-15,25H,1,7,10-13,16-17H2,2H3/p+1. The average molecular weight is 418 g/mol. The predicted octanol–water partition coefficient (Wildman–Crippen LogP) is 1.36. The summed E-state index contributed by atoms with van der Waals surface area (Å²) in [5, 5.41) is 10.6. The lowest BCUT2D eigenvalue weighted by Gasteiger charge is -2.31. The van der Waals surface area contributed by atoms with Crippen molar-refractivity contribution in [1.29, 1.82) is 0 Å². The highest BCUT2D eigenvalue weighted by Gasteiger charge is 2.29. The molecule has 0 amide bonds. The smallest absolute Gasteiger partial charge is 0.218 e. The van der Waals surface area contributed by atoms with E-state index in [1.165, 1.54) is 4.90 Å². The van der Waals surface area contributed by atoms with Gasteiger partial charge in [0.1, 0.15) is 18.0 Å². The molecular formula is C22H29N2O4S+. The van der Waals surface area contributed by atoms with Crippen LogP contribution in [-0.4, -0.2) is 51.1 Å². The fourth-order valence-corrected chi connectivity index (χ4v) is 5.23. The van der Waals surface area contributed by atoms with E-state index >= 15 is 0 Å². The van der Waals surface area contributed by atoms with E-state index in [-0.39, 0.29) is 11.5 Å². The van der Waals surface area contributed by atoms with E-state index in [0.29, 0.717) is 44.9 Å². The van der Waals surface area contributed by atoms with E-state index in [0.717, 1.165) is 16.7 Å². The molecule has 0 aliphatic carbocycles. The van der Waals surface area contributed by atoms with Crippen LogP contribution in [0.4, 0.5) is 0 Å². The molecule has 2 aromatic carbocycles. The quantitative estimate of drug-likeness (QED) is 0.637. The first-order valence-corrected chi connectivity index (χ1v) is 11.4. The zero-order valence-electron chi connectivity index (χ0n) is 16.8. The lowest BCUT2D eigenvalue weighted by atomic mass is 10.0. The third-order valence-electron chi connectivity index (χ3n) is 5.30. The normalized spacial score (nSPS) is 15.9.